The van der Waals surface area contributed by atoms with Gasteiger partial charge < -0.3 is 10.1 Å². The third-order valence-electron chi connectivity index (χ3n) is 1.66. The van der Waals surface area contributed by atoms with E-state index in [2.05, 4.69) is 37.2 Å². The second kappa shape index (κ2) is 5.47. The lowest BCUT2D eigenvalue weighted by Crippen LogP contribution is -2.50. The number of alkyl halides is 2. The van der Waals surface area contributed by atoms with Crippen molar-refractivity contribution in [1.82, 2.24) is 5.32 Å². The van der Waals surface area contributed by atoms with E-state index in [1.807, 2.05) is 20.8 Å². The average molecular weight is 331 g/mol. The first kappa shape index (κ1) is 14.4. The first-order valence-electron chi connectivity index (χ1n) is 4.33. The van der Waals surface area contributed by atoms with Crippen molar-refractivity contribution in [3.05, 3.63) is 0 Å². The monoisotopic (exact) mass is 329 g/mol. The van der Waals surface area contributed by atoms with Gasteiger partial charge >= 0.3 is 5.97 Å². The number of hydrogen-bond acceptors (Lipinski definition) is 3. The zero-order valence-corrected chi connectivity index (χ0v) is 12.2. The molecule has 0 bridgehead atoms. The highest BCUT2D eigenvalue weighted by Crippen LogP contribution is 2.22. The minimum absolute atomic E-state index is 0.0186. The summed E-state index contributed by atoms with van der Waals surface area (Å²) < 4.78 is 4.03. The number of esters is 1. The van der Waals surface area contributed by atoms with E-state index < -0.39 is 4.32 Å². The molecule has 0 heterocycles. The first-order chi connectivity index (χ1) is 6.25. The second-order valence-electron chi connectivity index (χ2n) is 4.19. The number of methoxy groups -OCH3 is 1. The molecule has 0 aromatic heterocycles. The maximum atomic E-state index is 11.4. The van der Waals surface area contributed by atoms with E-state index in [9.17, 15) is 4.79 Å². The highest BCUT2D eigenvalue weighted by Gasteiger charge is 2.36. The van der Waals surface area contributed by atoms with Gasteiger partial charge in [-0.2, -0.15) is 0 Å². The summed E-state index contributed by atoms with van der Waals surface area (Å²) in [6.45, 7) is 6.66. The van der Waals surface area contributed by atoms with Gasteiger partial charge in [-0.1, -0.05) is 31.9 Å². The first-order valence-corrected chi connectivity index (χ1v) is 6.25. The van der Waals surface area contributed by atoms with Gasteiger partial charge in [0, 0.05) is 17.4 Å². The number of rotatable bonds is 4. The summed E-state index contributed by atoms with van der Waals surface area (Å²) in [6, 6.07) is 0. The van der Waals surface area contributed by atoms with E-state index in [0.717, 1.165) is 0 Å². The molecule has 1 atom stereocenters. The second-order valence-corrected chi connectivity index (χ2v) is 6.27. The number of carbonyl (C=O) groups is 1. The lowest BCUT2D eigenvalue weighted by Gasteiger charge is -2.28. The molecular formula is C9H17Br2NO2. The van der Waals surface area contributed by atoms with Gasteiger partial charge in [-0.3, -0.25) is 4.79 Å². The summed E-state index contributed by atoms with van der Waals surface area (Å²) in [5.74, 6) is -0.272. The fourth-order valence-electron chi connectivity index (χ4n) is 0.762. The summed E-state index contributed by atoms with van der Waals surface area (Å²) in [5.41, 5.74) is -0.0186. The summed E-state index contributed by atoms with van der Waals surface area (Å²) in [4.78, 5) is 11.4. The Kier molecular flexibility index (Phi) is 5.62. The molecule has 0 aromatic carbocycles. The number of carbonyl (C=O) groups excluding carboxylic acids is 1. The van der Waals surface area contributed by atoms with E-state index in [1.54, 1.807) is 0 Å². The van der Waals surface area contributed by atoms with Gasteiger partial charge in [0.1, 0.15) is 4.32 Å². The molecule has 1 N–H and O–H groups in total. The van der Waals surface area contributed by atoms with Crippen molar-refractivity contribution >= 4 is 37.8 Å². The van der Waals surface area contributed by atoms with Crippen LogP contribution in [0.25, 0.3) is 0 Å². The molecule has 0 saturated carbocycles. The molecule has 0 saturated heterocycles. The van der Waals surface area contributed by atoms with Crippen molar-refractivity contribution in [2.75, 3.05) is 19.0 Å². The van der Waals surface area contributed by atoms with Crippen LogP contribution in [0.3, 0.4) is 0 Å². The van der Waals surface area contributed by atoms with Crippen molar-refractivity contribution < 1.29 is 9.53 Å². The van der Waals surface area contributed by atoms with Crippen LogP contribution in [0.4, 0.5) is 0 Å². The lowest BCUT2D eigenvalue weighted by molar-refractivity contribution is -0.142. The van der Waals surface area contributed by atoms with Crippen molar-refractivity contribution in [3.8, 4) is 0 Å². The number of hydrogen-bond donors (Lipinski definition) is 1. The summed E-state index contributed by atoms with van der Waals surface area (Å²) in [6.07, 6.45) is 0. The van der Waals surface area contributed by atoms with Crippen molar-refractivity contribution in [3.63, 3.8) is 0 Å². The van der Waals surface area contributed by atoms with Crippen LogP contribution in [-0.2, 0) is 9.53 Å². The SMILES string of the molecule is COC(=O)C(Br)(CBr)CNC(C)(C)C. The van der Waals surface area contributed by atoms with Gasteiger partial charge in [0.15, 0.2) is 0 Å². The largest absolute Gasteiger partial charge is 0.468 e. The van der Waals surface area contributed by atoms with Gasteiger partial charge in [-0.25, -0.2) is 0 Å². The molecule has 0 amide bonds. The van der Waals surface area contributed by atoms with E-state index in [0.29, 0.717) is 11.9 Å². The fourth-order valence-corrected chi connectivity index (χ4v) is 1.49. The molecule has 84 valence electrons. The smallest absolute Gasteiger partial charge is 0.324 e. The Balaban J connectivity index is 4.34. The normalized spacial score (nSPS) is 16.1. The molecule has 0 fully saturated rings. The van der Waals surface area contributed by atoms with Gasteiger partial charge in [-0.05, 0) is 20.8 Å². The van der Waals surface area contributed by atoms with Gasteiger partial charge in [0.25, 0.3) is 0 Å². The Labute approximate surface area is 102 Å². The molecule has 3 nitrogen and oxygen atoms in total. The molecule has 0 aliphatic rings. The van der Waals surface area contributed by atoms with Crippen LogP contribution >= 0.6 is 31.9 Å². The van der Waals surface area contributed by atoms with Crippen molar-refractivity contribution in [2.24, 2.45) is 0 Å². The predicted molar refractivity (Wildman–Crippen MR) is 65.2 cm³/mol. The molecule has 14 heavy (non-hydrogen) atoms. The quantitative estimate of drug-likeness (QED) is 0.633. The van der Waals surface area contributed by atoms with Gasteiger partial charge in [-0.15, -0.1) is 0 Å². The van der Waals surface area contributed by atoms with Crippen LogP contribution in [0.2, 0.25) is 0 Å². The highest BCUT2D eigenvalue weighted by molar-refractivity contribution is 9.12. The zero-order chi connectivity index (χ0) is 11.4. The van der Waals surface area contributed by atoms with Gasteiger partial charge in [0.2, 0.25) is 0 Å². The van der Waals surface area contributed by atoms with Crippen LogP contribution in [0.15, 0.2) is 0 Å². The maximum Gasteiger partial charge on any atom is 0.324 e. The van der Waals surface area contributed by atoms with Crippen molar-refractivity contribution in [1.29, 1.82) is 0 Å². The molecule has 0 aliphatic carbocycles. The van der Waals surface area contributed by atoms with Gasteiger partial charge in [0.05, 0.1) is 7.11 Å². The topological polar surface area (TPSA) is 38.3 Å². The summed E-state index contributed by atoms with van der Waals surface area (Å²) >= 11 is 6.67. The fraction of sp³-hybridized carbons (Fsp3) is 0.889. The van der Waals surface area contributed by atoms with Crippen LogP contribution in [0.5, 0.6) is 0 Å². The minimum atomic E-state index is -0.685. The Morgan fingerprint density at radius 2 is 1.93 bits per heavy atom. The number of halogens is 2. The Morgan fingerprint density at radius 1 is 1.43 bits per heavy atom. The summed E-state index contributed by atoms with van der Waals surface area (Å²) in [7, 11) is 1.39. The number of ether oxygens (including phenoxy) is 1. The lowest BCUT2D eigenvalue weighted by atomic mass is 10.1. The molecule has 0 aromatic rings. The molecule has 0 spiro atoms. The van der Waals surface area contributed by atoms with E-state index >= 15 is 0 Å². The van der Waals surface area contributed by atoms with Crippen LogP contribution in [0, 0.1) is 0 Å². The predicted octanol–water partition coefficient (Wildman–Crippen LogP) is 2.08. The molecule has 1 unspecified atom stereocenters. The third kappa shape index (κ3) is 4.75. The molecule has 5 heteroatoms. The summed E-state index contributed by atoms with van der Waals surface area (Å²) in [5, 5.41) is 3.76. The van der Waals surface area contributed by atoms with E-state index in [-0.39, 0.29) is 11.5 Å². The molecule has 0 rings (SSSR count). The van der Waals surface area contributed by atoms with Crippen molar-refractivity contribution in [2.45, 2.75) is 30.6 Å². The number of nitrogens with one attached hydrogen (secondary N) is 1. The molecule has 0 radical (unpaired) electrons. The maximum absolute atomic E-state index is 11.4. The Hall–Kier alpha value is 0.390. The standard InChI is InChI=1S/C9H17Br2NO2/c1-8(2,3)12-6-9(11,5-10)7(13)14-4/h12H,5-6H2,1-4H3. The van der Waals surface area contributed by atoms with Crippen LogP contribution < -0.4 is 5.32 Å². The van der Waals surface area contributed by atoms with Crippen LogP contribution in [-0.4, -0.2) is 34.8 Å². The zero-order valence-electron chi connectivity index (χ0n) is 8.99. The minimum Gasteiger partial charge on any atom is -0.468 e. The third-order valence-corrected chi connectivity index (χ3v) is 4.26. The molecular weight excluding hydrogens is 314 g/mol. The van der Waals surface area contributed by atoms with E-state index in [1.165, 1.54) is 7.11 Å². The highest BCUT2D eigenvalue weighted by atomic mass is 79.9. The van der Waals surface area contributed by atoms with E-state index in [4.69, 9.17) is 4.74 Å². The Bertz CT molecular complexity index is 203. The van der Waals surface area contributed by atoms with Crippen LogP contribution in [0.1, 0.15) is 20.8 Å². The molecule has 0 aliphatic heterocycles. The average Bonchev–Trinajstić information content (AvgIpc) is 2.11. The Morgan fingerprint density at radius 3 is 2.21 bits per heavy atom.